The van der Waals surface area contributed by atoms with E-state index >= 15 is 0 Å². The van der Waals surface area contributed by atoms with Crippen molar-refractivity contribution in [1.29, 1.82) is 5.26 Å². The molecule has 29 heavy (non-hydrogen) atoms. The normalized spacial score (nSPS) is 10.8. The molecule has 4 aromatic rings. The predicted octanol–water partition coefficient (Wildman–Crippen LogP) is 5.72. The molecule has 0 radical (unpaired) electrons. The Morgan fingerprint density at radius 1 is 1.31 bits per heavy atom. The monoisotopic (exact) mass is 436 g/mol. The summed E-state index contributed by atoms with van der Waals surface area (Å²) in [4.78, 5) is 6.48. The maximum absolute atomic E-state index is 9.86. The minimum atomic E-state index is 0.487. The summed E-state index contributed by atoms with van der Waals surface area (Å²) in [5.41, 5.74) is 3.94. The van der Waals surface area contributed by atoms with Crippen LogP contribution in [0, 0.1) is 25.2 Å². The zero-order valence-electron chi connectivity index (χ0n) is 15.7. The first-order chi connectivity index (χ1) is 14.1. The summed E-state index contributed by atoms with van der Waals surface area (Å²) in [6.45, 7) is 3.91. The highest BCUT2D eigenvalue weighted by Gasteiger charge is 2.19. The summed E-state index contributed by atoms with van der Waals surface area (Å²) >= 11 is 8.63. The second-order valence-electron chi connectivity index (χ2n) is 6.32. The van der Waals surface area contributed by atoms with Crippen molar-refractivity contribution in [3.63, 3.8) is 0 Å². The fourth-order valence-electron chi connectivity index (χ4n) is 2.98. The zero-order valence-corrected chi connectivity index (χ0v) is 18.2. The molecule has 0 spiro atoms. The second-order valence-corrected chi connectivity index (χ2v) is 8.71. The van der Waals surface area contributed by atoms with Gasteiger partial charge in [0.1, 0.15) is 21.8 Å². The molecular formula is C21H16N4OS3. The third kappa shape index (κ3) is 4.03. The van der Waals surface area contributed by atoms with Gasteiger partial charge < -0.3 is 4.42 Å². The molecule has 0 fully saturated rings. The van der Waals surface area contributed by atoms with Gasteiger partial charge in [-0.2, -0.15) is 10.4 Å². The van der Waals surface area contributed by atoms with Crippen LogP contribution in [-0.2, 0) is 0 Å². The van der Waals surface area contributed by atoms with Gasteiger partial charge in [-0.3, -0.25) is 0 Å². The SMILES string of the molecule is Cc1cc(C)n(C(=S)CSc2nc(-c3cccs3)cc(-c3ccco3)c2C#N)n1. The lowest BCUT2D eigenvalue weighted by Crippen LogP contribution is -2.15. The molecule has 0 atom stereocenters. The molecule has 4 heterocycles. The highest BCUT2D eigenvalue weighted by molar-refractivity contribution is 8.01. The van der Waals surface area contributed by atoms with Gasteiger partial charge in [-0.1, -0.05) is 30.0 Å². The molecule has 144 valence electrons. The molecular weight excluding hydrogens is 420 g/mol. The number of hydrogen-bond acceptors (Lipinski definition) is 7. The fraction of sp³-hybridized carbons (Fsp3) is 0.143. The van der Waals surface area contributed by atoms with Crippen molar-refractivity contribution in [2.75, 3.05) is 5.75 Å². The molecule has 0 amide bonds. The first-order valence-electron chi connectivity index (χ1n) is 8.79. The van der Waals surface area contributed by atoms with Gasteiger partial charge in [-0.05, 0) is 49.6 Å². The molecule has 0 unspecified atom stereocenters. The van der Waals surface area contributed by atoms with Crippen LogP contribution in [0.2, 0.25) is 0 Å². The fourth-order valence-corrected chi connectivity index (χ4v) is 4.88. The number of hydrogen-bond donors (Lipinski definition) is 0. The van der Waals surface area contributed by atoms with Crippen LogP contribution in [0.15, 0.2) is 57.5 Å². The first-order valence-corrected chi connectivity index (χ1v) is 11.1. The molecule has 0 saturated carbocycles. The van der Waals surface area contributed by atoms with Crippen LogP contribution in [0.4, 0.5) is 0 Å². The van der Waals surface area contributed by atoms with E-state index in [2.05, 4.69) is 11.2 Å². The Morgan fingerprint density at radius 2 is 2.17 bits per heavy atom. The van der Waals surface area contributed by atoms with Crippen LogP contribution in [0.25, 0.3) is 21.9 Å². The van der Waals surface area contributed by atoms with E-state index in [1.807, 2.05) is 55.6 Å². The highest BCUT2D eigenvalue weighted by atomic mass is 32.2. The Labute approximate surface area is 182 Å². The Morgan fingerprint density at radius 3 is 2.79 bits per heavy atom. The molecule has 0 aromatic carbocycles. The van der Waals surface area contributed by atoms with E-state index in [1.54, 1.807) is 22.3 Å². The summed E-state index contributed by atoms with van der Waals surface area (Å²) < 4.78 is 7.34. The van der Waals surface area contributed by atoms with E-state index in [4.69, 9.17) is 21.6 Å². The quantitative estimate of drug-likeness (QED) is 0.294. The first kappa shape index (κ1) is 19.6. The summed E-state index contributed by atoms with van der Waals surface area (Å²) in [6, 6.07) is 13.9. The van der Waals surface area contributed by atoms with Crippen molar-refractivity contribution in [2.24, 2.45) is 0 Å². The molecule has 0 bridgehead atoms. The van der Waals surface area contributed by atoms with Crippen LogP contribution in [-0.4, -0.2) is 25.5 Å². The summed E-state index contributed by atoms with van der Waals surface area (Å²) in [7, 11) is 0. The topological polar surface area (TPSA) is 67.6 Å². The van der Waals surface area contributed by atoms with Crippen molar-refractivity contribution < 1.29 is 4.42 Å². The third-order valence-corrected chi connectivity index (χ3v) is 6.62. The van der Waals surface area contributed by atoms with Gasteiger partial charge in [0.05, 0.1) is 33.8 Å². The minimum absolute atomic E-state index is 0.487. The molecule has 5 nitrogen and oxygen atoms in total. The van der Waals surface area contributed by atoms with Gasteiger partial charge in [-0.15, -0.1) is 11.3 Å². The van der Waals surface area contributed by atoms with E-state index in [0.717, 1.165) is 27.5 Å². The van der Waals surface area contributed by atoms with Gasteiger partial charge in [0, 0.05) is 11.3 Å². The van der Waals surface area contributed by atoms with Crippen molar-refractivity contribution in [1.82, 2.24) is 14.8 Å². The third-order valence-electron chi connectivity index (χ3n) is 4.24. The summed E-state index contributed by atoms with van der Waals surface area (Å²) in [6.07, 6.45) is 1.60. The van der Waals surface area contributed by atoms with E-state index in [-0.39, 0.29) is 0 Å². The predicted molar refractivity (Wildman–Crippen MR) is 120 cm³/mol. The largest absolute Gasteiger partial charge is 0.464 e. The number of aromatic nitrogens is 3. The molecule has 0 N–H and O–H groups in total. The summed E-state index contributed by atoms with van der Waals surface area (Å²) in [5, 5.41) is 16.9. The van der Waals surface area contributed by atoms with Crippen molar-refractivity contribution >= 4 is 40.3 Å². The maximum atomic E-state index is 9.86. The van der Waals surface area contributed by atoms with E-state index in [1.165, 1.54) is 11.8 Å². The van der Waals surface area contributed by atoms with E-state index in [9.17, 15) is 5.26 Å². The highest BCUT2D eigenvalue weighted by Crippen LogP contribution is 2.35. The molecule has 8 heteroatoms. The minimum Gasteiger partial charge on any atom is -0.464 e. The Balaban J connectivity index is 1.72. The van der Waals surface area contributed by atoms with E-state index in [0.29, 0.717) is 27.1 Å². The number of thiophene rings is 1. The zero-order chi connectivity index (χ0) is 20.4. The number of furan rings is 1. The van der Waals surface area contributed by atoms with Gasteiger partial charge in [-0.25, -0.2) is 9.67 Å². The Bertz CT molecular complexity index is 1200. The standard InChI is InChI=1S/C21H16N4OS3/c1-13-9-14(2)25(24-13)20(27)12-29-21-16(11-22)15(18-5-3-7-26-18)10-17(23-21)19-6-4-8-28-19/h3-10H,12H2,1-2H3. The average molecular weight is 437 g/mol. The number of thioether (sulfide) groups is 1. The number of aryl methyl sites for hydroxylation is 2. The van der Waals surface area contributed by atoms with Crippen molar-refractivity contribution in [3.8, 4) is 28.0 Å². The average Bonchev–Trinajstić information content (AvgIpc) is 3.47. The number of thiocarbonyl (C=S) groups is 1. The van der Waals surface area contributed by atoms with Crippen molar-refractivity contribution in [2.45, 2.75) is 18.9 Å². The lowest BCUT2D eigenvalue weighted by molar-refractivity contribution is 0.582. The maximum Gasteiger partial charge on any atom is 0.135 e. The molecule has 0 aliphatic rings. The Hall–Kier alpha value is -2.73. The number of nitrogens with zero attached hydrogens (tertiary/aromatic N) is 4. The van der Waals surface area contributed by atoms with Gasteiger partial charge in [0.2, 0.25) is 0 Å². The lowest BCUT2D eigenvalue weighted by Gasteiger charge is -2.11. The van der Waals surface area contributed by atoms with E-state index < -0.39 is 0 Å². The molecule has 4 aromatic heterocycles. The molecule has 4 rings (SSSR count). The molecule has 0 aliphatic carbocycles. The van der Waals surface area contributed by atoms with Crippen LogP contribution in [0.5, 0.6) is 0 Å². The number of nitriles is 1. The van der Waals surface area contributed by atoms with Crippen LogP contribution < -0.4 is 0 Å². The van der Waals surface area contributed by atoms with Crippen LogP contribution in [0.3, 0.4) is 0 Å². The Kier molecular flexibility index (Phi) is 5.62. The smallest absolute Gasteiger partial charge is 0.135 e. The second kappa shape index (κ2) is 8.33. The van der Waals surface area contributed by atoms with Gasteiger partial charge in [0.15, 0.2) is 0 Å². The lowest BCUT2D eigenvalue weighted by atomic mass is 10.1. The molecule has 0 saturated heterocycles. The van der Waals surface area contributed by atoms with Crippen molar-refractivity contribution in [3.05, 3.63) is 65.0 Å². The van der Waals surface area contributed by atoms with Gasteiger partial charge in [0.25, 0.3) is 0 Å². The van der Waals surface area contributed by atoms with Crippen LogP contribution >= 0.6 is 35.3 Å². The number of rotatable bonds is 5. The van der Waals surface area contributed by atoms with Crippen LogP contribution in [0.1, 0.15) is 17.0 Å². The molecule has 0 aliphatic heterocycles. The number of pyridine rings is 1. The summed E-state index contributed by atoms with van der Waals surface area (Å²) in [5.74, 6) is 1.13. The van der Waals surface area contributed by atoms with Gasteiger partial charge >= 0.3 is 0 Å².